The van der Waals surface area contributed by atoms with E-state index in [1.54, 1.807) is 19.2 Å². The Morgan fingerprint density at radius 2 is 1.84 bits per heavy atom. The highest BCUT2D eigenvalue weighted by Crippen LogP contribution is 2.21. The molecule has 0 fully saturated rings. The predicted molar refractivity (Wildman–Crippen MR) is 121 cm³/mol. The van der Waals surface area contributed by atoms with Crippen molar-refractivity contribution in [2.45, 2.75) is 13.0 Å². The fourth-order valence-electron chi connectivity index (χ4n) is 3.56. The van der Waals surface area contributed by atoms with Crippen molar-refractivity contribution in [1.29, 1.82) is 0 Å². The standard InChI is InChI=1S/C24H22N2O4S/c1-29-13-12-26-20-11-10-18(23(28)30-2)14-21(20)31-24(26)25-22(27)15-17-8-5-7-16-6-3-4-9-19(16)17/h3-11,14H,12-13,15H2,1-2H3. The van der Waals surface area contributed by atoms with Gasteiger partial charge in [0.25, 0.3) is 5.91 Å². The topological polar surface area (TPSA) is 69.9 Å². The van der Waals surface area contributed by atoms with Crippen molar-refractivity contribution in [3.05, 3.63) is 76.6 Å². The van der Waals surface area contributed by atoms with Gasteiger partial charge < -0.3 is 14.0 Å². The Balaban J connectivity index is 1.73. The van der Waals surface area contributed by atoms with Gasteiger partial charge in [-0.2, -0.15) is 4.99 Å². The average molecular weight is 435 g/mol. The van der Waals surface area contributed by atoms with Crippen molar-refractivity contribution in [1.82, 2.24) is 4.57 Å². The molecule has 4 aromatic rings. The number of rotatable bonds is 6. The van der Waals surface area contributed by atoms with Gasteiger partial charge in [-0.05, 0) is 34.5 Å². The summed E-state index contributed by atoms with van der Waals surface area (Å²) in [5.74, 6) is -0.619. The van der Waals surface area contributed by atoms with E-state index >= 15 is 0 Å². The largest absolute Gasteiger partial charge is 0.465 e. The monoisotopic (exact) mass is 434 g/mol. The van der Waals surface area contributed by atoms with E-state index in [1.165, 1.54) is 18.4 Å². The maximum Gasteiger partial charge on any atom is 0.337 e. The Morgan fingerprint density at radius 3 is 2.65 bits per heavy atom. The fourth-order valence-corrected chi connectivity index (χ4v) is 4.67. The summed E-state index contributed by atoms with van der Waals surface area (Å²) in [4.78, 5) is 29.8. The molecule has 0 aliphatic carbocycles. The number of benzene rings is 3. The Morgan fingerprint density at radius 1 is 1.03 bits per heavy atom. The Kier molecular flexibility index (Phi) is 6.25. The van der Waals surface area contributed by atoms with Crippen LogP contribution in [-0.4, -0.2) is 37.3 Å². The molecule has 0 N–H and O–H groups in total. The van der Waals surface area contributed by atoms with E-state index < -0.39 is 5.97 Å². The average Bonchev–Trinajstić information content (AvgIpc) is 3.13. The quantitative estimate of drug-likeness (QED) is 0.431. The van der Waals surface area contributed by atoms with E-state index in [0.717, 1.165) is 26.6 Å². The van der Waals surface area contributed by atoms with Gasteiger partial charge in [-0.1, -0.05) is 53.8 Å². The number of ether oxygens (including phenoxy) is 2. The van der Waals surface area contributed by atoms with Crippen molar-refractivity contribution in [2.75, 3.05) is 20.8 Å². The third-order valence-electron chi connectivity index (χ3n) is 5.06. The first-order chi connectivity index (χ1) is 15.1. The molecule has 1 aromatic heterocycles. The molecule has 0 unspecified atom stereocenters. The van der Waals surface area contributed by atoms with Crippen LogP contribution >= 0.6 is 11.3 Å². The minimum absolute atomic E-state index is 0.216. The lowest BCUT2D eigenvalue weighted by molar-refractivity contribution is -0.117. The van der Waals surface area contributed by atoms with E-state index in [9.17, 15) is 9.59 Å². The van der Waals surface area contributed by atoms with Crippen LogP contribution in [0.15, 0.2) is 65.7 Å². The summed E-state index contributed by atoms with van der Waals surface area (Å²) in [6.07, 6.45) is 0.216. The van der Waals surface area contributed by atoms with Crippen molar-refractivity contribution in [2.24, 2.45) is 4.99 Å². The Hall–Kier alpha value is -3.29. The van der Waals surface area contributed by atoms with Gasteiger partial charge in [0.05, 0.1) is 35.9 Å². The molecule has 7 heteroatoms. The zero-order valence-electron chi connectivity index (χ0n) is 17.3. The van der Waals surface area contributed by atoms with E-state index in [-0.39, 0.29) is 12.3 Å². The van der Waals surface area contributed by atoms with Gasteiger partial charge in [0, 0.05) is 13.7 Å². The zero-order chi connectivity index (χ0) is 21.8. The van der Waals surface area contributed by atoms with Crippen LogP contribution in [-0.2, 0) is 27.2 Å². The maximum absolute atomic E-state index is 12.9. The van der Waals surface area contributed by atoms with Crippen LogP contribution in [0.25, 0.3) is 21.0 Å². The molecular weight excluding hydrogens is 412 g/mol. The highest BCUT2D eigenvalue weighted by Gasteiger charge is 2.13. The lowest BCUT2D eigenvalue weighted by atomic mass is 10.0. The molecule has 0 aliphatic heterocycles. The van der Waals surface area contributed by atoms with Crippen LogP contribution in [0.1, 0.15) is 15.9 Å². The van der Waals surface area contributed by atoms with Crippen LogP contribution in [0.3, 0.4) is 0 Å². The molecular formula is C24H22N2O4S. The Labute approximate surface area is 183 Å². The van der Waals surface area contributed by atoms with E-state index in [1.807, 2.05) is 53.1 Å². The molecule has 0 radical (unpaired) electrons. The molecule has 1 heterocycles. The third kappa shape index (κ3) is 4.42. The smallest absolute Gasteiger partial charge is 0.337 e. The molecule has 3 aromatic carbocycles. The van der Waals surface area contributed by atoms with Gasteiger partial charge in [-0.3, -0.25) is 4.79 Å². The first-order valence-electron chi connectivity index (χ1n) is 9.85. The summed E-state index contributed by atoms with van der Waals surface area (Å²) in [7, 11) is 2.99. The molecule has 0 saturated carbocycles. The molecule has 6 nitrogen and oxygen atoms in total. The molecule has 1 amide bonds. The predicted octanol–water partition coefficient (Wildman–Crippen LogP) is 3.96. The number of carbonyl (C=O) groups excluding carboxylic acids is 2. The number of esters is 1. The number of hydrogen-bond acceptors (Lipinski definition) is 5. The van der Waals surface area contributed by atoms with E-state index in [4.69, 9.17) is 9.47 Å². The minimum Gasteiger partial charge on any atom is -0.465 e. The van der Waals surface area contributed by atoms with Crippen molar-refractivity contribution >= 4 is 44.2 Å². The maximum atomic E-state index is 12.9. The third-order valence-corrected chi connectivity index (χ3v) is 6.11. The number of hydrogen-bond donors (Lipinski definition) is 0. The van der Waals surface area contributed by atoms with Gasteiger partial charge in [-0.15, -0.1) is 0 Å². The normalized spacial score (nSPS) is 11.9. The SMILES string of the molecule is COCCn1c(=NC(=O)Cc2cccc3ccccc23)sc2cc(C(=O)OC)ccc21. The highest BCUT2D eigenvalue weighted by atomic mass is 32.1. The number of carbonyl (C=O) groups is 2. The summed E-state index contributed by atoms with van der Waals surface area (Å²) < 4.78 is 12.9. The second kappa shape index (κ2) is 9.24. The van der Waals surface area contributed by atoms with Crippen LogP contribution in [0, 0.1) is 0 Å². The number of nitrogens with zero attached hydrogens (tertiary/aromatic N) is 2. The lowest BCUT2D eigenvalue weighted by Gasteiger charge is -2.06. The highest BCUT2D eigenvalue weighted by molar-refractivity contribution is 7.16. The van der Waals surface area contributed by atoms with Crippen LogP contribution in [0.2, 0.25) is 0 Å². The van der Waals surface area contributed by atoms with Crippen molar-refractivity contribution in [3.8, 4) is 0 Å². The van der Waals surface area contributed by atoms with Gasteiger partial charge in [0.1, 0.15) is 0 Å². The van der Waals surface area contributed by atoms with Gasteiger partial charge in [0.15, 0.2) is 4.80 Å². The van der Waals surface area contributed by atoms with Crippen molar-refractivity contribution in [3.63, 3.8) is 0 Å². The van der Waals surface area contributed by atoms with E-state index in [2.05, 4.69) is 4.99 Å². The summed E-state index contributed by atoms with van der Waals surface area (Å²) in [5.41, 5.74) is 2.31. The molecule has 0 aliphatic rings. The molecule has 4 rings (SSSR count). The molecule has 158 valence electrons. The summed E-state index contributed by atoms with van der Waals surface area (Å²) >= 11 is 1.37. The van der Waals surface area contributed by atoms with Crippen LogP contribution in [0.5, 0.6) is 0 Å². The Bertz CT molecular complexity index is 1330. The number of methoxy groups -OCH3 is 2. The summed E-state index contributed by atoms with van der Waals surface area (Å²) in [6, 6.07) is 19.3. The van der Waals surface area contributed by atoms with Crippen LogP contribution < -0.4 is 4.80 Å². The van der Waals surface area contributed by atoms with Crippen LogP contribution in [0.4, 0.5) is 0 Å². The minimum atomic E-state index is -0.399. The van der Waals surface area contributed by atoms with Gasteiger partial charge in [0.2, 0.25) is 0 Å². The first-order valence-corrected chi connectivity index (χ1v) is 10.7. The molecule has 0 spiro atoms. The molecule has 0 atom stereocenters. The second-order valence-electron chi connectivity index (χ2n) is 7.02. The number of fused-ring (bicyclic) bond motifs is 2. The first kappa shape index (κ1) is 21.0. The number of amides is 1. The van der Waals surface area contributed by atoms with Gasteiger partial charge >= 0.3 is 5.97 Å². The van der Waals surface area contributed by atoms with E-state index in [0.29, 0.717) is 23.5 Å². The molecule has 31 heavy (non-hydrogen) atoms. The zero-order valence-corrected chi connectivity index (χ0v) is 18.1. The summed E-state index contributed by atoms with van der Waals surface area (Å²) in [6.45, 7) is 1.03. The fraction of sp³-hybridized carbons (Fsp3) is 0.208. The summed E-state index contributed by atoms with van der Waals surface area (Å²) in [5, 5.41) is 2.15. The molecule has 0 saturated heterocycles. The van der Waals surface area contributed by atoms with Crippen molar-refractivity contribution < 1.29 is 19.1 Å². The second-order valence-corrected chi connectivity index (χ2v) is 8.03. The number of thiazole rings is 1. The van der Waals surface area contributed by atoms with Gasteiger partial charge in [-0.25, -0.2) is 4.79 Å². The molecule has 0 bridgehead atoms. The lowest BCUT2D eigenvalue weighted by Crippen LogP contribution is -2.19. The number of aromatic nitrogens is 1.